The van der Waals surface area contributed by atoms with E-state index >= 15 is 0 Å². The maximum atomic E-state index is 13.8. The minimum atomic E-state index is -1.30. The molecule has 3 N–H and O–H groups in total. The van der Waals surface area contributed by atoms with Crippen molar-refractivity contribution in [2.45, 2.75) is 89.1 Å². The van der Waals surface area contributed by atoms with Crippen molar-refractivity contribution in [1.82, 2.24) is 19.9 Å². The van der Waals surface area contributed by atoms with E-state index in [1.165, 1.54) is 18.6 Å². The highest BCUT2D eigenvalue weighted by Crippen LogP contribution is 2.39. The summed E-state index contributed by atoms with van der Waals surface area (Å²) in [6, 6.07) is 8.01. The first-order valence-corrected chi connectivity index (χ1v) is 15.4. The molecule has 1 amide bonds. The molecular formula is C32H38FN5O6. The number of esters is 1. The summed E-state index contributed by atoms with van der Waals surface area (Å²) in [4.78, 5) is 42.6. The Kier molecular flexibility index (Phi) is 8.64. The summed E-state index contributed by atoms with van der Waals surface area (Å²) < 4.78 is 37.7. The van der Waals surface area contributed by atoms with Gasteiger partial charge in [0.15, 0.2) is 11.4 Å². The van der Waals surface area contributed by atoms with Crippen molar-refractivity contribution in [1.29, 1.82) is 0 Å². The highest BCUT2D eigenvalue weighted by Gasteiger charge is 2.48. The zero-order chi connectivity index (χ0) is 30.7. The second-order valence-corrected chi connectivity index (χ2v) is 12.3. The number of primary amides is 1. The van der Waals surface area contributed by atoms with Crippen LogP contribution in [-0.2, 0) is 23.8 Å². The third-order valence-electron chi connectivity index (χ3n) is 8.77. The lowest BCUT2D eigenvalue weighted by molar-refractivity contribution is -0.243. The normalized spacial score (nSPS) is 24.0. The average molecular weight is 608 g/mol. The van der Waals surface area contributed by atoms with Crippen molar-refractivity contribution < 1.29 is 32.9 Å². The lowest BCUT2D eigenvalue weighted by atomic mass is 9.83. The quantitative estimate of drug-likeness (QED) is 0.331. The van der Waals surface area contributed by atoms with Gasteiger partial charge in [-0.15, -0.1) is 0 Å². The molecule has 3 aliphatic rings. The summed E-state index contributed by atoms with van der Waals surface area (Å²) in [6.07, 6.45) is 9.47. The number of nitrogens with zero attached hydrogens (tertiary/aromatic N) is 3. The number of aromatic amines is 1. The monoisotopic (exact) mass is 607 g/mol. The first kappa shape index (κ1) is 30.1. The predicted octanol–water partition coefficient (Wildman–Crippen LogP) is 5.17. The minimum absolute atomic E-state index is 0.0276. The highest BCUT2D eigenvalue weighted by molar-refractivity contribution is 5.88. The van der Waals surface area contributed by atoms with Gasteiger partial charge in [-0.1, -0.05) is 12.8 Å². The van der Waals surface area contributed by atoms with Gasteiger partial charge in [0.2, 0.25) is 6.29 Å². The Bertz CT molecular complexity index is 1470. The fraction of sp³-hybridized carbons (Fsp3) is 0.531. The second-order valence-electron chi connectivity index (χ2n) is 12.3. The van der Waals surface area contributed by atoms with Gasteiger partial charge in [-0.3, -0.25) is 9.59 Å². The maximum Gasteiger partial charge on any atom is 0.317 e. The Morgan fingerprint density at radius 3 is 2.34 bits per heavy atom. The molecule has 0 radical (unpaired) electrons. The number of ether oxygens (including phenoxy) is 4. The number of carbonyl (C=O) groups is 2. The van der Waals surface area contributed by atoms with E-state index in [-0.39, 0.29) is 31.1 Å². The molecule has 2 aromatic heterocycles. The predicted molar refractivity (Wildman–Crippen MR) is 156 cm³/mol. The molecule has 0 bridgehead atoms. The van der Waals surface area contributed by atoms with E-state index in [9.17, 15) is 14.0 Å². The number of aromatic nitrogens is 4. The summed E-state index contributed by atoms with van der Waals surface area (Å²) in [6.45, 7) is 1.62. The lowest BCUT2D eigenvalue weighted by Crippen LogP contribution is -2.53. The first-order chi connectivity index (χ1) is 21.2. The van der Waals surface area contributed by atoms with E-state index in [1.807, 2.05) is 0 Å². The summed E-state index contributed by atoms with van der Waals surface area (Å²) in [7, 11) is 0. The highest BCUT2D eigenvalue weighted by atomic mass is 19.1. The van der Waals surface area contributed by atoms with Crippen LogP contribution in [0, 0.1) is 11.2 Å². The molecule has 0 atom stereocenters. The molecule has 0 spiro atoms. The van der Waals surface area contributed by atoms with Crippen molar-refractivity contribution in [3.8, 4) is 28.7 Å². The Morgan fingerprint density at radius 2 is 1.66 bits per heavy atom. The van der Waals surface area contributed by atoms with E-state index in [0.717, 1.165) is 44.9 Å². The number of hydrogen-bond acceptors (Lipinski definition) is 9. The van der Waals surface area contributed by atoms with Crippen LogP contribution < -0.4 is 10.5 Å². The number of nitrogens with one attached hydrogen (secondary N) is 1. The van der Waals surface area contributed by atoms with Crippen LogP contribution in [0.15, 0.2) is 36.5 Å². The van der Waals surface area contributed by atoms with Crippen molar-refractivity contribution >= 4 is 11.9 Å². The number of rotatable bonds is 8. The van der Waals surface area contributed by atoms with Gasteiger partial charge in [-0.25, -0.2) is 14.4 Å². The molecule has 1 saturated heterocycles. The number of H-pyrrole nitrogens is 1. The SMILES string of the molecule is CC1(C(=O)OC2(C(N)=O)CCCCC2)COC(c2nc(-c3ccc(F)cc3)c(-c3ccnc(OC4CCCCC4)n3)[nH]2)OC1. The molecule has 234 valence electrons. The number of amides is 1. The number of nitrogens with two attached hydrogens (primary N) is 1. The van der Waals surface area contributed by atoms with E-state index in [2.05, 4.69) is 15.0 Å². The van der Waals surface area contributed by atoms with Gasteiger partial charge in [-0.2, -0.15) is 4.98 Å². The zero-order valence-corrected chi connectivity index (χ0v) is 24.9. The van der Waals surface area contributed by atoms with Gasteiger partial charge >= 0.3 is 12.0 Å². The molecule has 3 fully saturated rings. The fourth-order valence-corrected chi connectivity index (χ4v) is 6.08. The summed E-state index contributed by atoms with van der Waals surface area (Å²) in [5.41, 5.74) is 5.49. The van der Waals surface area contributed by atoms with Crippen LogP contribution in [0.4, 0.5) is 4.39 Å². The van der Waals surface area contributed by atoms with E-state index in [1.54, 1.807) is 31.3 Å². The van der Waals surface area contributed by atoms with E-state index in [4.69, 9.17) is 29.7 Å². The number of hydrogen-bond donors (Lipinski definition) is 2. The van der Waals surface area contributed by atoms with Gasteiger partial charge in [0.25, 0.3) is 5.91 Å². The van der Waals surface area contributed by atoms with Crippen LogP contribution in [0.5, 0.6) is 6.01 Å². The molecule has 11 nitrogen and oxygen atoms in total. The van der Waals surface area contributed by atoms with Crippen LogP contribution in [-0.4, -0.2) is 56.7 Å². The summed E-state index contributed by atoms with van der Waals surface area (Å²) in [5, 5.41) is 0. The Labute approximate surface area is 255 Å². The summed E-state index contributed by atoms with van der Waals surface area (Å²) >= 11 is 0. The van der Waals surface area contributed by atoms with Gasteiger partial charge < -0.3 is 29.7 Å². The van der Waals surface area contributed by atoms with Crippen molar-refractivity contribution in [2.75, 3.05) is 13.2 Å². The second kappa shape index (κ2) is 12.6. The molecule has 3 aromatic rings. The molecule has 1 aliphatic heterocycles. The molecule has 44 heavy (non-hydrogen) atoms. The number of benzene rings is 1. The lowest BCUT2D eigenvalue weighted by Gasteiger charge is -2.39. The molecule has 2 aliphatic carbocycles. The topological polar surface area (TPSA) is 152 Å². The molecule has 2 saturated carbocycles. The van der Waals surface area contributed by atoms with Crippen LogP contribution in [0.3, 0.4) is 0 Å². The largest absolute Gasteiger partial charge is 0.460 e. The van der Waals surface area contributed by atoms with Crippen molar-refractivity contribution in [3.05, 3.63) is 48.2 Å². The third-order valence-corrected chi connectivity index (χ3v) is 8.77. The Balaban J connectivity index is 1.22. The minimum Gasteiger partial charge on any atom is -0.460 e. The standard InChI is InChI=1S/C32H38FN5O6/c1-31(29(40)44-32(28(34)39)15-6-3-7-16-32)18-41-27(42-19-31)26-37-24(20-10-12-21(33)13-11-20)25(38-26)23-14-17-35-30(36-23)43-22-8-4-2-5-9-22/h10-14,17,22,27H,2-9,15-16,18-19H2,1H3,(H2,34,39)(H,37,38). The fourth-order valence-electron chi connectivity index (χ4n) is 6.08. The van der Waals surface area contributed by atoms with Gasteiger partial charge in [-0.05, 0) is 88.6 Å². The molecule has 0 unspecified atom stereocenters. The van der Waals surface area contributed by atoms with Gasteiger partial charge in [0.05, 0.1) is 30.3 Å². The Morgan fingerprint density at radius 1 is 0.977 bits per heavy atom. The molecule has 3 heterocycles. The van der Waals surface area contributed by atoms with E-state index < -0.39 is 29.2 Å². The van der Waals surface area contributed by atoms with Crippen LogP contribution in [0.1, 0.15) is 83.2 Å². The first-order valence-electron chi connectivity index (χ1n) is 15.4. The van der Waals surface area contributed by atoms with Crippen LogP contribution in [0.25, 0.3) is 22.6 Å². The van der Waals surface area contributed by atoms with Gasteiger partial charge in [0.1, 0.15) is 17.3 Å². The molecule has 1 aromatic carbocycles. The molecular weight excluding hydrogens is 569 g/mol. The number of carbonyl (C=O) groups excluding carboxylic acids is 2. The zero-order valence-electron chi connectivity index (χ0n) is 24.9. The summed E-state index contributed by atoms with van der Waals surface area (Å²) in [5.74, 6) is -1.23. The molecule has 12 heteroatoms. The average Bonchev–Trinajstić information content (AvgIpc) is 3.48. The van der Waals surface area contributed by atoms with Crippen LogP contribution >= 0.6 is 0 Å². The van der Waals surface area contributed by atoms with E-state index in [0.29, 0.717) is 41.3 Å². The van der Waals surface area contributed by atoms with Crippen LogP contribution in [0.2, 0.25) is 0 Å². The number of imidazole rings is 1. The third kappa shape index (κ3) is 6.32. The maximum absolute atomic E-state index is 13.8. The van der Waals surface area contributed by atoms with Gasteiger partial charge in [0, 0.05) is 11.8 Å². The molecule has 6 rings (SSSR count). The van der Waals surface area contributed by atoms with Crippen molar-refractivity contribution in [3.63, 3.8) is 0 Å². The Hall–Kier alpha value is -3.90. The van der Waals surface area contributed by atoms with Crippen molar-refractivity contribution in [2.24, 2.45) is 11.1 Å². The smallest absolute Gasteiger partial charge is 0.317 e. The number of halogens is 1.